The monoisotopic (exact) mass is 434 g/mol. The van der Waals surface area contributed by atoms with E-state index in [2.05, 4.69) is 9.88 Å². The van der Waals surface area contributed by atoms with Gasteiger partial charge >= 0.3 is 0 Å². The predicted molar refractivity (Wildman–Crippen MR) is 126 cm³/mol. The first-order valence-corrected chi connectivity index (χ1v) is 11.0. The topological polar surface area (TPSA) is 89.8 Å². The maximum absolute atomic E-state index is 12.7. The number of carbonyl (C=O) groups is 1. The van der Waals surface area contributed by atoms with Crippen molar-refractivity contribution in [3.63, 3.8) is 0 Å². The van der Waals surface area contributed by atoms with Crippen molar-refractivity contribution in [1.82, 2.24) is 14.9 Å². The van der Waals surface area contributed by atoms with Gasteiger partial charge in [0.1, 0.15) is 17.7 Å². The molecule has 2 N–H and O–H groups in total. The molecule has 7 nitrogen and oxygen atoms in total. The number of phenolic OH excluding ortho intramolecular Hbond substituents is 1. The number of aromatic hydroxyl groups is 1. The van der Waals surface area contributed by atoms with E-state index in [0.29, 0.717) is 44.0 Å². The highest BCUT2D eigenvalue weighted by molar-refractivity contribution is 5.91. The van der Waals surface area contributed by atoms with Crippen molar-refractivity contribution in [2.24, 2.45) is 5.41 Å². The number of para-hydroxylation sites is 2. The molecular formula is C25H30N4O3. The quantitative estimate of drug-likeness (QED) is 0.654. The average Bonchev–Trinajstić information content (AvgIpc) is 2.77. The Morgan fingerprint density at radius 1 is 1.00 bits per heavy atom. The molecule has 1 aliphatic heterocycles. The van der Waals surface area contributed by atoms with Gasteiger partial charge in [0.25, 0.3) is 5.91 Å². The van der Waals surface area contributed by atoms with E-state index in [1.807, 2.05) is 51.1 Å². The summed E-state index contributed by atoms with van der Waals surface area (Å²) >= 11 is 0. The Hall–Kier alpha value is -3.19. The molecule has 4 rings (SSSR count). The van der Waals surface area contributed by atoms with Crippen molar-refractivity contribution in [3.8, 4) is 17.1 Å². The van der Waals surface area contributed by atoms with Crippen molar-refractivity contribution in [2.45, 2.75) is 33.3 Å². The SMILES string of the molecule is CC(C)(C)C[C@@H](O)C(=O)N1CCN(c2nc(-c3ccccc3O)nc3ccccc23)CC1. The first-order valence-electron chi connectivity index (χ1n) is 11.0. The predicted octanol–water partition coefficient (Wildman–Crippen LogP) is 3.45. The molecule has 2 heterocycles. The Labute approximate surface area is 188 Å². The Morgan fingerprint density at radius 2 is 1.66 bits per heavy atom. The number of aliphatic hydroxyl groups is 1. The summed E-state index contributed by atoms with van der Waals surface area (Å²) in [5, 5.41) is 21.6. The molecule has 0 saturated carbocycles. The van der Waals surface area contributed by atoms with Crippen LogP contribution in [-0.4, -0.2) is 63.3 Å². The molecular weight excluding hydrogens is 404 g/mol. The summed E-state index contributed by atoms with van der Waals surface area (Å²) in [4.78, 5) is 26.1. The molecule has 32 heavy (non-hydrogen) atoms. The first kappa shape index (κ1) is 22.0. The van der Waals surface area contributed by atoms with Crippen molar-refractivity contribution >= 4 is 22.6 Å². The lowest BCUT2D eigenvalue weighted by molar-refractivity contribution is -0.142. The fourth-order valence-electron chi connectivity index (χ4n) is 4.10. The maximum atomic E-state index is 12.7. The minimum absolute atomic E-state index is 0.115. The average molecular weight is 435 g/mol. The number of aliphatic hydroxyl groups excluding tert-OH is 1. The minimum atomic E-state index is -0.978. The number of hydrogen-bond acceptors (Lipinski definition) is 6. The third-order valence-corrected chi connectivity index (χ3v) is 5.71. The van der Waals surface area contributed by atoms with Gasteiger partial charge in [0, 0.05) is 31.6 Å². The number of fused-ring (bicyclic) bond motifs is 1. The lowest BCUT2D eigenvalue weighted by atomic mass is 9.89. The van der Waals surface area contributed by atoms with Crippen LogP contribution in [0.15, 0.2) is 48.5 Å². The molecule has 0 spiro atoms. The maximum Gasteiger partial charge on any atom is 0.251 e. The van der Waals surface area contributed by atoms with E-state index < -0.39 is 6.10 Å². The van der Waals surface area contributed by atoms with Crippen LogP contribution in [0.5, 0.6) is 5.75 Å². The number of carbonyl (C=O) groups excluding carboxylic acids is 1. The Kier molecular flexibility index (Phi) is 6.02. The van der Waals surface area contributed by atoms with Gasteiger partial charge in [-0.3, -0.25) is 4.79 Å². The number of rotatable bonds is 4. The lowest BCUT2D eigenvalue weighted by Gasteiger charge is -2.37. The molecule has 1 amide bonds. The van der Waals surface area contributed by atoms with Crippen LogP contribution in [0.2, 0.25) is 0 Å². The molecule has 0 aliphatic carbocycles. The fraction of sp³-hybridized carbons (Fsp3) is 0.400. The van der Waals surface area contributed by atoms with Gasteiger partial charge in [-0.25, -0.2) is 9.97 Å². The highest BCUT2D eigenvalue weighted by atomic mass is 16.3. The molecule has 0 bridgehead atoms. The Bertz CT molecular complexity index is 1120. The number of phenols is 1. The summed E-state index contributed by atoms with van der Waals surface area (Å²) in [5.41, 5.74) is 1.27. The van der Waals surface area contributed by atoms with Crippen LogP contribution in [0, 0.1) is 5.41 Å². The van der Waals surface area contributed by atoms with Crippen molar-refractivity contribution < 1.29 is 15.0 Å². The second-order valence-electron chi connectivity index (χ2n) is 9.50. The van der Waals surface area contributed by atoms with Crippen LogP contribution in [0.1, 0.15) is 27.2 Å². The van der Waals surface area contributed by atoms with Gasteiger partial charge in [0.05, 0.1) is 11.1 Å². The number of aromatic nitrogens is 2. The smallest absolute Gasteiger partial charge is 0.251 e. The summed E-state index contributed by atoms with van der Waals surface area (Å²) in [6, 6.07) is 14.9. The minimum Gasteiger partial charge on any atom is -0.507 e. The number of hydrogen-bond donors (Lipinski definition) is 2. The van der Waals surface area contributed by atoms with Crippen molar-refractivity contribution in [3.05, 3.63) is 48.5 Å². The van der Waals surface area contributed by atoms with Gasteiger partial charge in [0.15, 0.2) is 5.82 Å². The fourth-order valence-corrected chi connectivity index (χ4v) is 4.10. The van der Waals surface area contributed by atoms with Crippen LogP contribution in [-0.2, 0) is 4.79 Å². The molecule has 0 unspecified atom stereocenters. The van der Waals surface area contributed by atoms with Crippen LogP contribution < -0.4 is 4.90 Å². The van der Waals surface area contributed by atoms with Gasteiger partial charge < -0.3 is 20.0 Å². The summed E-state index contributed by atoms with van der Waals surface area (Å²) in [6.07, 6.45) is -0.541. The molecule has 1 atom stereocenters. The molecule has 7 heteroatoms. The summed E-state index contributed by atoms with van der Waals surface area (Å²) in [5.74, 6) is 1.19. The summed E-state index contributed by atoms with van der Waals surface area (Å²) in [7, 11) is 0. The number of nitrogens with zero attached hydrogens (tertiary/aromatic N) is 4. The van der Waals surface area contributed by atoms with E-state index in [1.54, 1.807) is 23.1 Å². The highest BCUT2D eigenvalue weighted by Crippen LogP contribution is 2.32. The van der Waals surface area contributed by atoms with Gasteiger partial charge in [-0.2, -0.15) is 0 Å². The largest absolute Gasteiger partial charge is 0.507 e. The van der Waals surface area contributed by atoms with Crippen LogP contribution in [0.3, 0.4) is 0 Å². The van der Waals surface area contributed by atoms with Gasteiger partial charge in [0.2, 0.25) is 0 Å². The van der Waals surface area contributed by atoms with Crippen LogP contribution in [0.4, 0.5) is 5.82 Å². The molecule has 2 aromatic carbocycles. The molecule has 1 fully saturated rings. The van der Waals surface area contributed by atoms with Gasteiger partial charge in [-0.15, -0.1) is 0 Å². The number of anilines is 1. The van der Waals surface area contributed by atoms with E-state index in [4.69, 9.17) is 4.98 Å². The van der Waals surface area contributed by atoms with Crippen LogP contribution in [0.25, 0.3) is 22.3 Å². The number of benzene rings is 2. The van der Waals surface area contributed by atoms with E-state index in [-0.39, 0.29) is 17.1 Å². The number of amides is 1. The second-order valence-corrected chi connectivity index (χ2v) is 9.50. The standard InChI is InChI=1S/C25H30N4O3/c1-25(2,3)16-21(31)24(32)29-14-12-28(13-15-29)23-17-8-4-6-10-19(17)26-22(27-23)18-9-5-7-11-20(18)30/h4-11,21,30-31H,12-16H2,1-3H3/t21-/m1/s1. The molecule has 3 aromatic rings. The zero-order chi connectivity index (χ0) is 22.9. The third kappa shape index (κ3) is 4.67. The summed E-state index contributed by atoms with van der Waals surface area (Å²) in [6.45, 7) is 8.30. The normalized spacial score (nSPS) is 15.8. The van der Waals surface area contributed by atoms with Crippen molar-refractivity contribution in [1.29, 1.82) is 0 Å². The van der Waals surface area contributed by atoms with Crippen molar-refractivity contribution in [2.75, 3.05) is 31.1 Å². The highest BCUT2D eigenvalue weighted by Gasteiger charge is 2.30. The molecule has 1 saturated heterocycles. The molecule has 1 aliphatic rings. The zero-order valence-electron chi connectivity index (χ0n) is 18.8. The van der Waals surface area contributed by atoms with Crippen LogP contribution >= 0.6 is 0 Å². The molecule has 168 valence electrons. The van der Waals surface area contributed by atoms with Gasteiger partial charge in [-0.05, 0) is 36.1 Å². The molecule has 0 radical (unpaired) electrons. The lowest BCUT2D eigenvalue weighted by Crippen LogP contribution is -2.52. The van der Waals surface area contributed by atoms with E-state index >= 15 is 0 Å². The molecule has 1 aromatic heterocycles. The van der Waals surface area contributed by atoms with Gasteiger partial charge in [-0.1, -0.05) is 45.0 Å². The number of piperazine rings is 1. The zero-order valence-corrected chi connectivity index (χ0v) is 18.8. The second kappa shape index (κ2) is 8.74. The third-order valence-electron chi connectivity index (χ3n) is 5.71. The van der Waals surface area contributed by atoms with E-state index in [0.717, 1.165) is 16.7 Å². The Morgan fingerprint density at radius 3 is 2.34 bits per heavy atom. The van der Waals surface area contributed by atoms with E-state index in [9.17, 15) is 15.0 Å². The first-order chi connectivity index (χ1) is 15.2. The van der Waals surface area contributed by atoms with E-state index in [1.165, 1.54) is 0 Å². The Balaban J connectivity index is 1.58. The summed E-state index contributed by atoms with van der Waals surface area (Å²) < 4.78 is 0.